The van der Waals surface area contributed by atoms with E-state index in [0.29, 0.717) is 6.54 Å². The maximum atomic E-state index is 11.7. The van der Waals surface area contributed by atoms with Crippen LogP contribution in [0.15, 0.2) is 12.2 Å². The van der Waals surface area contributed by atoms with Crippen LogP contribution in [-0.2, 0) is 0 Å². The van der Waals surface area contributed by atoms with Gasteiger partial charge in [-0.05, 0) is 20.8 Å². The van der Waals surface area contributed by atoms with Gasteiger partial charge in [-0.2, -0.15) is 0 Å². The van der Waals surface area contributed by atoms with E-state index in [1.54, 1.807) is 9.80 Å². The van der Waals surface area contributed by atoms with Crippen LogP contribution in [0.5, 0.6) is 0 Å². The summed E-state index contributed by atoms with van der Waals surface area (Å²) in [7, 11) is 1.81. The normalized spacial score (nSPS) is 9.54. The summed E-state index contributed by atoms with van der Waals surface area (Å²) in [5.74, 6) is 0. The molecule has 0 spiro atoms. The molecular formula is C10H20N2O. The van der Waals surface area contributed by atoms with Crippen molar-refractivity contribution in [1.29, 1.82) is 0 Å². The van der Waals surface area contributed by atoms with Gasteiger partial charge in [-0.25, -0.2) is 4.79 Å². The largest absolute Gasteiger partial charge is 0.328 e. The van der Waals surface area contributed by atoms with Crippen LogP contribution in [0.1, 0.15) is 20.8 Å². The predicted octanol–water partition coefficient (Wildman–Crippen LogP) is 1.96. The number of carbonyl (C=O) groups excluding carboxylic acids is 1. The average Bonchev–Trinajstić information content (AvgIpc) is 2.11. The summed E-state index contributed by atoms with van der Waals surface area (Å²) >= 11 is 0. The minimum Gasteiger partial charge on any atom is -0.328 e. The molecule has 0 saturated carbocycles. The Kier molecular flexibility index (Phi) is 5.19. The number of amides is 2. The lowest BCUT2D eigenvalue weighted by atomic mass is 10.3. The Morgan fingerprint density at radius 3 is 2.15 bits per heavy atom. The molecule has 0 aromatic rings. The van der Waals surface area contributed by atoms with Crippen molar-refractivity contribution in [3.63, 3.8) is 0 Å². The second kappa shape index (κ2) is 5.62. The Morgan fingerprint density at radius 1 is 1.31 bits per heavy atom. The molecule has 0 aliphatic carbocycles. The molecule has 0 heterocycles. The summed E-state index contributed by atoms with van der Waals surface area (Å²) in [6.07, 6.45) is 0. The first-order valence-corrected chi connectivity index (χ1v) is 4.67. The molecule has 0 aromatic carbocycles. The fourth-order valence-electron chi connectivity index (χ4n) is 1.02. The Morgan fingerprint density at radius 2 is 1.85 bits per heavy atom. The fourth-order valence-corrected chi connectivity index (χ4v) is 1.02. The summed E-state index contributed by atoms with van der Waals surface area (Å²) in [6.45, 7) is 11.8. The molecule has 0 aliphatic rings. The van der Waals surface area contributed by atoms with Gasteiger partial charge >= 0.3 is 6.03 Å². The van der Waals surface area contributed by atoms with Crippen molar-refractivity contribution in [2.45, 2.75) is 20.8 Å². The summed E-state index contributed by atoms with van der Waals surface area (Å²) in [4.78, 5) is 15.1. The van der Waals surface area contributed by atoms with Crippen LogP contribution in [-0.4, -0.2) is 42.5 Å². The highest BCUT2D eigenvalue weighted by Crippen LogP contribution is 2.00. The van der Waals surface area contributed by atoms with Gasteiger partial charge in [-0.15, -0.1) is 0 Å². The maximum Gasteiger partial charge on any atom is 0.320 e. The average molecular weight is 184 g/mol. The summed E-state index contributed by atoms with van der Waals surface area (Å²) in [5.41, 5.74) is 1.01. The molecule has 0 rings (SSSR count). The Hall–Kier alpha value is -0.990. The highest BCUT2D eigenvalue weighted by Gasteiger charge is 2.14. The van der Waals surface area contributed by atoms with E-state index < -0.39 is 0 Å². The lowest BCUT2D eigenvalue weighted by Gasteiger charge is -2.26. The number of nitrogens with zero attached hydrogens (tertiary/aromatic N) is 2. The van der Waals surface area contributed by atoms with Crippen LogP contribution >= 0.6 is 0 Å². The molecule has 0 N–H and O–H groups in total. The van der Waals surface area contributed by atoms with E-state index in [9.17, 15) is 4.79 Å². The molecule has 0 bridgehead atoms. The van der Waals surface area contributed by atoms with Crippen molar-refractivity contribution in [2.24, 2.45) is 0 Å². The minimum atomic E-state index is 0.0769. The molecule has 0 unspecified atom stereocenters. The highest BCUT2D eigenvalue weighted by molar-refractivity contribution is 5.74. The molecule has 3 nitrogen and oxygen atoms in total. The first-order chi connectivity index (χ1) is 6.02. The van der Waals surface area contributed by atoms with Crippen LogP contribution in [0, 0.1) is 0 Å². The minimum absolute atomic E-state index is 0.0769. The monoisotopic (exact) mass is 184 g/mol. The van der Waals surface area contributed by atoms with Crippen LogP contribution in [0.3, 0.4) is 0 Å². The number of hydrogen-bond donors (Lipinski definition) is 0. The third kappa shape index (κ3) is 3.97. The molecule has 0 aliphatic heterocycles. The predicted molar refractivity (Wildman–Crippen MR) is 55.8 cm³/mol. The van der Waals surface area contributed by atoms with Crippen molar-refractivity contribution < 1.29 is 4.79 Å². The third-order valence-corrected chi connectivity index (χ3v) is 1.91. The molecular weight excluding hydrogens is 164 g/mol. The van der Waals surface area contributed by atoms with E-state index in [2.05, 4.69) is 6.58 Å². The summed E-state index contributed by atoms with van der Waals surface area (Å²) < 4.78 is 0. The quantitative estimate of drug-likeness (QED) is 0.613. The maximum absolute atomic E-state index is 11.7. The zero-order valence-electron chi connectivity index (χ0n) is 9.13. The van der Waals surface area contributed by atoms with Gasteiger partial charge in [0.2, 0.25) is 0 Å². The van der Waals surface area contributed by atoms with Gasteiger partial charge in [0.1, 0.15) is 0 Å². The molecule has 0 saturated heterocycles. The third-order valence-electron chi connectivity index (χ3n) is 1.91. The van der Waals surface area contributed by atoms with Gasteiger partial charge in [0, 0.05) is 26.7 Å². The molecule has 0 aromatic heterocycles. The second-order valence-electron chi connectivity index (χ2n) is 3.27. The van der Waals surface area contributed by atoms with Gasteiger partial charge in [0.15, 0.2) is 0 Å². The molecule has 3 heteroatoms. The van der Waals surface area contributed by atoms with Gasteiger partial charge in [0.25, 0.3) is 0 Å². The molecule has 13 heavy (non-hydrogen) atoms. The van der Waals surface area contributed by atoms with Crippen molar-refractivity contribution >= 4 is 6.03 Å². The van der Waals surface area contributed by atoms with Crippen LogP contribution in [0.4, 0.5) is 4.79 Å². The molecule has 0 radical (unpaired) electrons. The van der Waals surface area contributed by atoms with Crippen molar-refractivity contribution in [3.8, 4) is 0 Å². The fraction of sp³-hybridized carbons (Fsp3) is 0.700. The number of likely N-dealkylation sites (N-methyl/N-ethyl adjacent to an activating group) is 1. The smallest absolute Gasteiger partial charge is 0.320 e. The van der Waals surface area contributed by atoms with E-state index in [1.807, 2.05) is 27.8 Å². The van der Waals surface area contributed by atoms with Gasteiger partial charge < -0.3 is 9.80 Å². The van der Waals surface area contributed by atoms with Crippen LogP contribution in [0.2, 0.25) is 0 Å². The van der Waals surface area contributed by atoms with Gasteiger partial charge in [-0.3, -0.25) is 0 Å². The van der Waals surface area contributed by atoms with Crippen molar-refractivity contribution in [1.82, 2.24) is 9.80 Å². The zero-order chi connectivity index (χ0) is 10.4. The van der Waals surface area contributed by atoms with E-state index in [1.165, 1.54) is 0 Å². The van der Waals surface area contributed by atoms with E-state index in [-0.39, 0.29) is 6.03 Å². The second-order valence-corrected chi connectivity index (χ2v) is 3.27. The summed E-state index contributed by atoms with van der Waals surface area (Å²) in [5, 5.41) is 0. The molecule has 76 valence electrons. The van der Waals surface area contributed by atoms with Crippen LogP contribution in [0.25, 0.3) is 0 Å². The zero-order valence-corrected chi connectivity index (χ0v) is 9.13. The summed E-state index contributed by atoms with van der Waals surface area (Å²) in [6, 6.07) is 0.0769. The lowest BCUT2D eigenvalue weighted by Crippen LogP contribution is -2.41. The number of hydrogen-bond acceptors (Lipinski definition) is 1. The Balaban J connectivity index is 4.22. The van der Waals surface area contributed by atoms with Gasteiger partial charge in [0.05, 0.1) is 0 Å². The Labute approximate surface area is 81.0 Å². The number of carbonyl (C=O) groups is 1. The van der Waals surface area contributed by atoms with E-state index in [0.717, 1.165) is 18.7 Å². The lowest BCUT2D eigenvalue weighted by molar-refractivity contribution is 0.171. The molecule has 2 amide bonds. The standard InChI is InChI=1S/C10H20N2O/c1-6-11(5)10(13)12(7-2)8-9(3)4/h3,6-8H2,1-2,4-5H3. The van der Waals surface area contributed by atoms with Crippen molar-refractivity contribution in [3.05, 3.63) is 12.2 Å². The topological polar surface area (TPSA) is 23.6 Å². The molecule has 0 atom stereocenters. The van der Waals surface area contributed by atoms with Gasteiger partial charge in [-0.1, -0.05) is 12.2 Å². The first-order valence-electron chi connectivity index (χ1n) is 4.67. The Bertz CT molecular complexity index is 189. The van der Waals surface area contributed by atoms with Crippen molar-refractivity contribution in [2.75, 3.05) is 26.7 Å². The van der Waals surface area contributed by atoms with E-state index >= 15 is 0 Å². The number of urea groups is 1. The SMILES string of the molecule is C=C(C)CN(CC)C(=O)N(C)CC. The first kappa shape index (κ1) is 12.0. The number of rotatable bonds is 4. The van der Waals surface area contributed by atoms with Crippen LogP contribution < -0.4 is 0 Å². The van der Waals surface area contributed by atoms with E-state index in [4.69, 9.17) is 0 Å². The highest BCUT2D eigenvalue weighted by atomic mass is 16.2. The molecule has 0 fully saturated rings.